The molecule has 4 heterocycles. The summed E-state index contributed by atoms with van der Waals surface area (Å²) in [5.74, 6) is -0.352. The summed E-state index contributed by atoms with van der Waals surface area (Å²) < 4.78 is 27.0. The van der Waals surface area contributed by atoms with Crippen molar-refractivity contribution in [2.24, 2.45) is 0 Å². The minimum atomic E-state index is -0.441. The van der Waals surface area contributed by atoms with Gasteiger partial charge in [-0.1, -0.05) is 6.07 Å². The molecular weight excluding hydrogens is 427 g/mol. The molecule has 0 radical (unpaired) electrons. The van der Waals surface area contributed by atoms with Crippen molar-refractivity contribution < 1.29 is 23.5 Å². The second-order valence-electron chi connectivity index (χ2n) is 8.95. The zero-order chi connectivity index (χ0) is 23.1. The number of carbonyl (C=O) groups is 2. The largest absolute Gasteiger partial charge is 0.469 e. The summed E-state index contributed by atoms with van der Waals surface area (Å²) >= 11 is 0. The lowest BCUT2D eigenvalue weighted by atomic mass is 9.89. The van der Waals surface area contributed by atoms with Crippen LogP contribution < -0.4 is 4.90 Å². The molecule has 1 fully saturated rings. The van der Waals surface area contributed by atoms with Gasteiger partial charge in [0.05, 0.1) is 25.6 Å². The van der Waals surface area contributed by atoms with E-state index in [0.717, 1.165) is 41.9 Å². The van der Waals surface area contributed by atoms with Gasteiger partial charge in [-0.2, -0.15) is 5.10 Å². The van der Waals surface area contributed by atoms with Crippen molar-refractivity contribution in [2.75, 3.05) is 38.3 Å². The number of hydrogen-bond acceptors (Lipinski definition) is 6. The van der Waals surface area contributed by atoms with Crippen molar-refractivity contribution in [3.8, 4) is 0 Å². The maximum Gasteiger partial charge on any atom is 0.313 e. The van der Waals surface area contributed by atoms with Crippen LogP contribution in [-0.2, 0) is 32.0 Å². The number of esters is 1. The molecule has 0 N–H and O–H groups in total. The lowest BCUT2D eigenvalue weighted by Gasteiger charge is -2.35. The molecule has 2 aromatic rings. The molecule has 0 aliphatic carbocycles. The van der Waals surface area contributed by atoms with E-state index in [9.17, 15) is 14.0 Å². The highest BCUT2D eigenvalue weighted by molar-refractivity contribution is 5.84. The highest BCUT2D eigenvalue weighted by atomic mass is 19.1. The molecule has 1 saturated heterocycles. The smallest absolute Gasteiger partial charge is 0.313 e. The summed E-state index contributed by atoms with van der Waals surface area (Å²) in [5, 5.41) is 5.06. The van der Waals surface area contributed by atoms with Crippen LogP contribution in [0.3, 0.4) is 0 Å². The Hall–Kier alpha value is -2.94. The molecule has 8 nitrogen and oxygen atoms in total. The number of rotatable bonds is 3. The highest BCUT2D eigenvalue weighted by Gasteiger charge is 2.37. The fraction of sp³-hybridized carbons (Fsp3) is 0.542. The fourth-order valence-corrected chi connectivity index (χ4v) is 5.33. The van der Waals surface area contributed by atoms with Gasteiger partial charge in [0.15, 0.2) is 5.82 Å². The third kappa shape index (κ3) is 3.88. The summed E-state index contributed by atoms with van der Waals surface area (Å²) in [6.45, 7) is 4.63. The van der Waals surface area contributed by atoms with Gasteiger partial charge in [0, 0.05) is 56.6 Å². The minimum absolute atomic E-state index is 0.0289. The molecule has 176 valence electrons. The first-order valence-corrected chi connectivity index (χ1v) is 11.6. The Morgan fingerprint density at radius 3 is 2.70 bits per heavy atom. The van der Waals surface area contributed by atoms with E-state index in [1.165, 1.54) is 19.2 Å². The Kier molecular flexibility index (Phi) is 5.82. The van der Waals surface area contributed by atoms with Crippen LogP contribution in [0.4, 0.5) is 15.9 Å². The van der Waals surface area contributed by atoms with Gasteiger partial charge in [-0.05, 0) is 37.0 Å². The Morgan fingerprint density at radius 1 is 1.18 bits per heavy atom. The Labute approximate surface area is 192 Å². The molecule has 5 rings (SSSR count). The van der Waals surface area contributed by atoms with Gasteiger partial charge in [-0.3, -0.25) is 14.3 Å². The molecule has 33 heavy (non-hydrogen) atoms. The van der Waals surface area contributed by atoms with Crippen molar-refractivity contribution in [2.45, 2.75) is 51.1 Å². The third-order valence-electron chi connectivity index (χ3n) is 7.09. The Balaban J connectivity index is 1.61. The van der Waals surface area contributed by atoms with E-state index >= 15 is 0 Å². The van der Waals surface area contributed by atoms with Gasteiger partial charge in [0.1, 0.15) is 5.82 Å². The van der Waals surface area contributed by atoms with E-state index < -0.39 is 5.92 Å². The molecule has 9 heteroatoms. The van der Waals surface area contributed by atoms with E-state index in [2.05, 4.69) is 4.68 Å². The second kappa shape index (κ2) is 8.78. The van der Waals surface area contributed by atoms with Crippen LogP contribution in [0.5, 0.6) is 0 Å². The lowest BCUT2D eigenvalue weighted by Crippen LogP contribution is -2.36. The summed E-state index contributed by atoms with van der Waals surface area (Å²) in [7, 11) is 1.38. The highest BCUT2D eigenvalue weighted by Crippen LogP contribution is 2.43. The van der Waals surface area contributed by atoms with Crippen LogP contribution in [0.1, 0.15) is 55.0 Å². The minimum Gasteiger partial charge on any atom is -0.469 e. The molecule has 1 atom stereocenters. The number of hydrogen-bond donors (Lipinski definition) is 0. The van der Waals surface area contributed by atoms with Crippen molar-refractivity contribution in [3.05, 3.63) is 40.8 Å². The molecule has 0 spiro atoms. The molecule has 3 aliphatic heterocycles. The van der Waals surface area contributed by atoms with Gasteiger partial charge in [0.25, 0.3) is 0 Å². The van der Waals surface area contributed by atoms with Crippen LogP contribution in [0.25, 0.3) is 0 Å². The normalized spacial score (nSPS) is 20.9. The zero-order valence-electron chi connectivity index (χ0n) is 19.1. The number of carbonyl (C=O) groups excluding carboxylic acids is 2. The molecule has 1 unspecified atom stereocenters. The number of fused-ring (bicyclic) bond motifs is 2. The van der Waals surface area contributed by atoms with E-state index in [1.54, 1.807) is 13.0 Å². The van der Waals surface area contributed by atoms with E-state index in [4.69, 9.17) is 14.6 Å². The first kappa shape index (κ1) is 21.9. The summed E-state index contributed by atoms with van der Waals surface area (Å²) in [5.41, 5.74) is 3.52. The quantitative estimate of drug-likeness (QED) is 0.661. The molecule has 1 aromatic carbocycles. The molecule has 0 bridgehead atoms. The standard InChI is InChI=1S/C24H29FN4O4/c1-15(30)27-9-6-21-20(14-27)23(26-29(21)17-7-11-33-12-8-17)28-10-5-19(24(31)32-2)18-4-3-16(25)13-22(18)28/h3-4,13,17,19H,5-12,14H2,1-2H3. The van der Waals surface area contributed by atoms with E-state index in [0.29, 0.717) is 45.0 Å². The average Bonchev–Trinajstić information content (AvgIpc) is 3.22. The van der Waals surface area contributed by atoms with Crippen LogP contribution >= 0.6 is 0 Å². The zero-order valence-corrected chi connectivity index (χ0v) is 19.1. The number of anilines is 2. The Bertz CT molecular complexity index is 1080. The summed E-state index contributed by atoms with van der Waals surface area (Å²) in [4.78, 5) is 28.4. The average molecular weight is 457 g/mol. The van der Waals surface area contributed by atoms with Gasteiger partial charge >= 0.3 is 5.97 Å². The van der Waals surface area contributed by atoms with Crippen LogP contribution in [0, 0.1) is 5.82 Å². The topological polar surface area (TPSA) is 76.9 Å². The van der Waals surface area contributed by atoms with Crippen LogP contribution in [0.15, 0.2) is 18.2 Å². The fourth-order valence-electron chi connectivity index (χ4n) is 5.33. The van der Waals surface area contributed by atoms with Crippen molar-refractivity contribution in [3.63, 3.8) is 0 Å². The molecular formula is C24H29FN4O4. The first-order chi connectivity index (χ1) is 16.0. The van der Waals surface area contributed by atoms with Gasteiger partial charge in [0.2, 0.25) is 5.91 Å². The number of aromatic nitrogens is 2. The van der Waals surface area contributed by atoms with Crippen molar-refractivity contribution in [1.29, 1.82) is 0 Å². The SMILES string of the molecule is COC(=O)C1CCN(c2nn(C3CCOCC3)c3c2CN(C(C)=O)CC3)c2cc(F)ccc21. The van der Waals surface area contributed by atoms with E-state index in [-0.39, 0.29) is 23.7 Å². The van der Waals surface area contributed by atoms with Gasteiger partial charge in [-0.15, -0.1) is 0 Å². The second-order valence-corrected chi connectivity index (χ2v) is 8.95. The molecule has 0 saturated carbocycles. The number of ether oxygens (including phenoxy) is 2. The molecule has 1 amide bonds. The number of amides is 1. The van der Waals surface area contributed by atoms with E-state index in [1.807, 2.05) is 9.80 Å². The van der Waals surface area contributed by atoms with Crippen LogP contribution in [-0.4, -0.2) is 60.0 Å². The summed E-state index contributed by atoms with van der Waals surface area (Å²) in [6.07, 6.45) is 3.05. The predicted octanol–water partition coefficient (Wildman–Crippen LogP) is 3.08. The monoisotopic (exact) mass is 456 g/mol. The number of nitrogens with zero attached hydrogens (tertiary/aromatic N) is 4. The first-order valence-electron chi connectivity index (χ1n) is 11.6. The lowest BCUT2D eigenvalue weighted by molar-refractivity contribution is -0.142. The number of benzene rings is 1. The van der Waals surface area contributed by atoms with Crippen molar-refractivity contribution in [1.82, 2.24) is 14.7 Å². The van der Waals surface area contributed by atoms with Crippen molar-refractivity contribution >= 4 is 23.4 Å². The number of methoxy groups -OCH3 is 1. The third-order valence-corrected chi connectivity index (χ3v) is 7.09. The number of halogens is 1. The maximum atomic E-state index is 14.4. The maximum absolute atomic E-state index is 14.4. The molecule has 3 aliphatic rings. The van der Waals surface area contributed by atoms with Gasteiger partial charge < -0.3 is 19.3 Å². The Morgan fingerprint density at radius 2 is 1.97 bits per heavy atom. The molecule has 1 aromatic heterocycles. The predicted molar refractivity (Wildman–Crippen MR) is 119 cm³/mol. The summed E-state index contributed by atoms with van der Waals surface area (Å²) in [6, 6.07) is 4.76. The van der Waals surface area contributed by atoms with Crippen LogP contribution in [0.2, 0.25) is 0 Å². The van der Waals surface area contributed by atoms with Gasteiger partial charge in [-0.25, -0.2) is 4.39 Å².